The van der Waals surface area contributed by atoms with Gasteiger partial charge in [-0.3, -0.25) is 4.79 Å². The van der Waals surface area contributed by atoms with E-state index < -0.39 is 0 Å². The Bertz CT molecular complexity index is 199. The number of carbonyl (C=O) groups excluding carboxylic acids is 1. The van der Waals surface area contributed by atoms with Crippen LogP contribution in [0.2, 0.25) is 0 Å². The van der Waals surface area contributed by atoms with Gasteiger partial charge in [-0.2, -0.15) is 0 Å². The van der Waals surface area contributed by atoms with E-state index >= 15 is 0 Å². The van der Waals surface area contributed by atoms with Crippen molar-refractivity contribution in [2.75, 3.05) is 19.5 Å². The minimum Gasteiger partial charge on any atom is -0.344 e. The van der Waals surface area contributed by atoms with Gasteiger partial charge >= 0.3 is 0 Å². The first-order chi connectivity index (χ1) is 6.66. The second-order valence-corrected chi connectivity index (χ2v) is 4.63. The Morgan fingerprint density at radius 3 is 2.43 bits per heavy atom. The second-order valence-electron chi connectivity index (χ2n) is 4.26. The van der Waals surface area contributed by atoms with Crippen LogP contribution in [0.4, 0.5) is 0 Å². The summed E-state index contributed by atoms with van der Waals surface area (Å²) >= 11 is 5.64. The smallest absolute Gasteiger partial charge is 0.228 e. The lowest BCUT2D eigenvalue weighted by molar-refractivity contribution is -0.140. The minimum absolute atomic E-state index is 0.0548. The summed E-state index contributed by atoms with van der Waals surface area (Å²) in [6, 6.07) is 0. The molecule has 0 bridgehead atoms. The molecule has 1 rings (SSSR count). The lowest BCUT2D eigenvalue weighted by Crippen LogP contribution is -2.41. The van der Waals surface area contributed by atoms with Crippen molar-refractivity contribution in [2.24, 2.45) is 5.41 Å². The molecule has 0 radical (unpaired) electrons. The molecule has 1 saturated carbocycles. The van der Waals surface area contributed by atoms with Crippen molar-refractivity contribution < 1.29 is 4.79 Å². The topological polar surface area (TPSA) is 20.3 Å². The van der Waals surface area contributed by atoms with Crippen LogP contribution < -0.4 is 0 Å². The van der Waals surface area contributed by atoms with Gasteiger partial charge in [0, 0.05) is 24.9 Å². The van der Waals surface area contributed by atoms with E-state index in [0.29, 0.717) is 18.3 Å². The zero-order chi connectivity index (χ0) is 10.6. The van der Waals surface area contributed by atoms with Crippen LogP contribution in [0.1, 0.15) is 39.0 Å². The molecular weight excluding hydrogens is 198 g/mol. The van der Waals surface area contributed by atoms with Crippen molar-refractivity contribution in [1.29, 1.82) is 0 Å². The zero-order valence-electron chi connectivity index (χ0n) is 9.18. The van der Waals surface area contributed by atoms with Crippen molar-refractivity contribution in [3.63, 3.8) is 0 Å². The van der Waals surface area contributed by atoms with Crippen LogP contribution in [-0.4, -0.2) is 30.3 Å². The second kappa shape index (κ2) is 5.01. The van der Waals surface area contributed by atoms with Crippen molar-refractivity contribution >= 4 is 17.5 Å². The Labute approximate surface area is 91.6 Å². The molecule has 2 nitrogen and oxygen atoms in total. The number of halogens is 1. The molecule has 3 heteroatoms. The third kappa shape index (κ3) is 2.22. The molecule has 0 unspecified atom stereocenters. The molecule has 0 spiro atoms. The summed E-state index contributed by atoms with van der Waals surface area (Å²) in [5.74, 6) is 0.834. The van der Waals surface area contributed by atoms with Gasteiger partial charge in [0.25, 0.3) is 0 Å². The number of hydrogen-bond acceptors (Lipinski definition) is 1. The Morgan fingerprint density at radius 1 is 1.43 bits per heavy atom. The molecule has 14 heavy (non-hydrogen) atoms. The number of alkyl halides is 1. The van der Waals surface area contributed by atoms with Crippen LogP contribution >= 0.6 is 11.6 Å². The SMILES string of the molecule is CCC1(C(=O)N(C)CCCl)CCCC1. The fourth-order valence-electron chi connectivity index (χ4n) is 2.40. The monoisotopic (exact) mass is 217 g/mol. The first-order valence-corrected chi connectivity index (χ1v) is 6.01. The fourth-order valence-corrected chi connectivity index (χ4v) is 2.66. The average molecular weight is 218 g/mol. The summed E-state index contributed by atoms with van der Waals surface area (Å²) in [5.41, 5.74) is -0.0548. The Morgan fingerprint density at radius 2 is 2.00 bits per heavy atom. The van der Waals surface area contributed by atoms with Crippen LogP contribution in [0.25, 0.3) is 0 Å². The summed E-state index contributed by atoms with van der Waals surface area (Å²) in [6.45, 7) is 2.79. The quantitative estimate of drug-likeness (QED) is 0.663. The van der Waals surface area contributed by atoms with Gasteiger partial charge in [0.2, 0.25) is 5.91 Å². The van der Waals surface area contributed by atoms with E-state index in [9.17, 15) is 4.79 Å². The van der Waals surface area contributed by atoms with Gasteiger partial charge in [0.05, 0.1) is 0 Å². The molecule has 0 aliphatic heterocycles. The van der Waals surface area contributed by atoms with Crippen LogP contribution in [0.3, 0.4) is 0 Å². The Balaban J connectivity index is 2.64. The lowest BCUT2D eigenvalue weighted by Gasteiger charge is -2.31. The van der Waals surface area contributed by atoms with Gasteiger partial charge in [-0.25, -0.2) is 0 Å². The van der Waals surface area contributed by atoms with E-state index in [1.165, 1.54) is 12.8 Å². The summed E-state index contributed by atoms with van der Waals surface area (Å²) in [5, 5.41) is 0. The first-order valence-electron chi connectivity index (χ1n) is 5.48. The highest BCUT2D eigenvalue weighted by Crippen LogP contribution is 2.42. The van der Waals surface area contributed by atoms with Crippen LogP contribution in [-0.2, 0) is 4.79 Å². The van der Waals surface area contributed by atoms with E-state index in [0.717, 1.165) is 19.3 Å². The molecule has 0 N–H and O–H groups in total. The number of carbonyl (C=O) groups is 1. The molecular formula is C11H20ClNO. The highest BCUT2D eigenvalue weighted by molar-refractivity contribution is 6.18. The molecule has 1 fully saturated rings. The van der Waals surface area contributed by atoms with Crippen molar-refractivity contribution in [3.8, 4) is 0 Å². The number of hydrogen-bond donors (Lipinski definition) is 0. The standard InChI is InChI=1S/C11H20ClNO/c1-3-11(6-4-5-7-11)10(14)13(2)9-8-12/h3-9H2,1-2H3. The molecule has 0 heterocycles. The molecule has 0 aromatic heterocycles. The first kappa shape index (κ1) is 11.8. The van der Waals surface area contributed by atoms with Crippen molar-refractivity contribution in [1.82, 2.24) is 4.90 Å². The van der Waals surface area contributed by atoms with E-state index in [1.54, 1.807) is 4.90 Å². The van der Waals surface area contributed by atoms with Crippen LogP contribution in [0, 0.1) is 5.41 Å². The molecule has 0 saturated heterocycles. The van der Waals surface area contributed by atoms with E-state index in [2.05, 4.69) is 6.92 Å². The number of rotatable bonds is 4. The highest BCUT2D eigenvalue weighted by Gasteiger charge is 2.40. The maximum Gasteiger partial charge on any atom is 0.228 e. The minimum atomic E-state index is -0.0548. The maximum atomic E-state index is 12.2. The van der Waals surface area contributed by atoms with Gasteiger partial charge < -0.3 is 4.90 Å². The molecule has 0 atom stereocenters. The molecule has 1 aliphatic rings. The molecule has 0 aromatic rings. The summed E-state index contributed by atoms with van der Waals surface area (Å²) < 4.78 is 0. The van der Waals surface area contributed by atoms with Gasteiger partial charge in [0.15, 0.2) is 0 Å². The van der Waals surface area contributed by atoms with Crippen LogP contribution in [0.15, 0.2) is 0 Å². The fraction of sp³-hybridized carbons (Fsp3) is 0.909. The maximum absolute atomic E-state index is 12.2. The van der Waals surface area contributed by atoms with E-state index in [-0.39, 0.29) is 5.41 Å². The Kier molecular flexibility index (Phi) is 4.24. The number of nitrogens with zero attached hydrogens (tertiary/aromatic N) is 1. The van der Waals surface area contributed by atoms with Gasteiger partial charge in [-0.15, -0.1) is 11.6 Å². The van der Waals surface area contributed by atoms with Gasteiger partial charge in [-0.1, -0.05) is 19.8 Å². The normalized spacial score (nSPS) is 19.6. The lowest BCUT2D eigenvalue weighted by atomic mass is 9.82. The summed E-state index contributed by atoms with van der Waals surface area (Å²) in [7, 11) is 1.86. The average Bonchev–Trinajstić information content (AvgIpc) is 2.66. The highest BCUT2D eigenvalue weighted by atomic mass is 35.5. The van der Waals surface area contributed by atoms with E-state index in [4.69, 9.17) is 11.6 Å². The molecule has 0 aromatic carbocycles. The third-order valence-corrected chi connectivity index (χ3v) is 3.63. The van der Waals surface area contributed by atoms with Gasteiger partial charge in [0.1, 0.15) is 0 Å². The number of amides is 1. The molecule has 1 aliphatic carbocycles. The van der Waals surface area contributed by atoms with Gasteiger partial charge in [-0.05, 0) is 19.3 Å². The zero-order valence-corrected chi connectivity index (χ0v) is 9.94. The Hall–Kier alpha value is -0.240. The van der Waals surface area contributed by atoms with E-state index in [1.807, 2.05) is 7.05 Å². The predicted octanol–water partition coefficient (Wildman–Crippen LogP) is 2.65. The van der Waals surface area contributed by atoms with Crippen molar-refractivity contribution in [3.05, 3.63) is 0 Å². The molecule has 82 valence electrons. The predicted molar refractivity (Wildman–Crippen MR) is 59.5 cm³/mol. The third-order valence-electron chi connectivity index (χ3n) is 3.46. The molecule has 1 amide bonds. The summed E-state index contributed by atoms with van der Waals surface area (Å²) in [6.07, 6.45) is 5.50. The van der Waals surface area contributed by atoms with Crippen LogP contribution in [0.5, 0.6) is 0 Å². The van der Waals surface area contributed by atoms with Crippen molar-refractivity contribution in [2.45, 2.75) is 39.0 Å². The largest absolute Gasteiger partial charge is 0.344 e. The summed E-state index contributed by atoms with van der Waals surface area (Å²) in [4.78, 5) is 13.9.